The summed E-state index contributed by atoms with van der Waals surface area (Å²) in [6.45, 7) is 4.70. The zero-order chi connectivity index (χ0) is 20.4. The Bertz CT molecular complexity index is 902. The van der Waals surface area contributed by atoms with Crippen LogP contribution in [-0.2, 0) is 14.3 Å². The van der Waals surface area contributed by atoms with Gasteiger partial charge in [0.2, 0.25) is 5.91 Å². The van der Waals surface area contributed by atoms with Gasteiger partial charge in [-0.2, -0.15) is 0 Å². The van der Waals surface area contributed by atoms with E-state index in [1.807, 2.05) is 11.0 Å². The van der Waals surface area contributed by atoms with Crippen molar-refractivity contribution < 1.29 is 18.7 Å². The predicted molar refractivity (Wildman–Crippen MR) is 110 cm³/mol. The molecule has 0 saturated carbocycles. The lowest BCUT2D eigenvalue weighted by Crippen LogP contribution is -2.49. The number of fused-ring (bicyclic) bond motifs is 1. The molecule has 2 aromatic rings. The minimum absolute atomic E-state index is 0.107. The van der Waals surface area contributed by atoms with Gasteiger partial charge in [-0.05, 0) is 44.7 Å². The van der Waals surface area contributed by atoms with Crippen molar-refractivity contribution in [2.24, 2.45) is 11.8 Å². The van der Waals surface area contributed by atoms with Crippen molar-refractivity contribution in [2.75, 3.05) is 37.7 Å². The second kappa shape index (κ2) is 8.65. The summed E-state index contributed by atoms with van der Waals surface area (Å²) in [4.78, 5) is 33.7. The Morgan fingerprint density at radius 1 is 1.21 bits per heavy atom. The highest BCUT2D eigenvalue weighted by Crippen LogP contribution is 2.33. The standard InChI is InChI=1S/C21H26FN3O3S/c1-2-28-20(27)15-7-5-10-24(13-15)19(26)14-6-4-11-25(12-14)21-23-18-16(22)8-3-9-17(18)29-21/h3,8-9,14-15H,2,4-7,10-13H2,1H3. The van der Waals surface area contributed by atoms with Crippen LogP contribution in [0.5, 0.6) is 0 Å². The molecule has 4 rings (SSSR count). The van der Waals surface area contributed by atoms with Gasteiger partial charge in [0.1, 0.15) is 11.3 Å². The highest BCUT2D eigenvalue weighted by atomic mass is 32.1. The number of esters is 1. The number of benzene rings is 1. The number of hydrogen-bond donors (Lipinski definition) is 0. The van der Waals surface area contributed by atoms with Crippen molar-refractivity contribution in [1.82, 2.24) is 9.88 Å². The molecule has 1 aromatic carbocycles. The average Bonchev–Trinajstić information content (AvgIpc) is 3.19. The van der Waals surface area contributed by atoms with Gasteiger partial charge in [0, 0.05) is 26.2 Å². The first-order valence-corrected chi connectivity index (χ1v) is 11.1. The molecule has 0 bridgehead atoms. The van der Waals surface area contributed by atoms with Crippen molar-refractivity contribution in [1.29, 1.82) is 0 Å². The number of ether oxygens (including phenoxy) is 1. The fourth-order valence-electron chi connectivity index (χ4n) is 4.28. The fourth-order valence-corrected chi connectivity index (χ4v) is 5.29. The monoisotopic (exact) mass is 419 g/mol. The summed E-state index contributed by atoms with van der Waals surface area (Å²) in [6, 6.07) is 4.98. The van der Waals surface area contributed by atoms with Gasteiger partial charge in [0.15, 0.2) is 5.13 Å². The number of hydrogen-bond acceptors (Lipinski definition) is 6. The van der Waals surface area contributed by atoms with E-state index in [0.29, 0.717) is 31.8 Å². The van der Waals surface area contributed by atoms with Crippen molar-refractivity contribution in [3.8, 4) is 0 Å². The second-order valence-corrected chi connectivity index (χ2v) is 8.75. The Kier molecular flexibility index (Phi) is 5.99. The van der Waals surface area contributed by atoms with Gasteiger partial charge in [0.05, 0.1) is 23.1 Å². The molecule has 0 aliphatic carbocycles. The van der Waals surface area contributed by atoms with Crippen LogP contribution in [0.25, 0.3) is 10.2 Å². The van der Waals surface area contributed by atoms with Crippen molar-refractivity contribution >= 4 is 38.6 Å². The molecular weight excluding hydrogens is 393 g/mol. The minimum atomic E-state index is -0.312. The van der Waals surface area contributed by atoms with E-state index in [0.717, 1.165) is 42.1 Å². The molecule has 2 atom stereocenters. The maximum absolute atomic E-state index is 14.0. The van der Waals surface area contributed by atoms with Gasteiger partial charge >= 0.3 is 5.97 Å². The van der Waals surface area contributed by atoms with Gasteiger partial charge < -0.3 is 14.5 Å². The van der Waals surface area contributed by atoms with Gasteiger partial charge in [-0.3, -0.25) is 9.59 Å². The van der Waals surface area contributed by atoms with E-state index in [1.54, 1.807) is 13.0 Å². The molecule has 3 heterocycles. The third-order valence-electron chi connectivity index (χ3n) is 5.75. The van der Waals surface area contributed by atoms with E-state index < -0.39 is 0 Å². The van der Waals surface area contributed by atoms with E-state index in [1.165, 1.54) is 17.4 Å². The largest absolute Gasteiger partial charge is 0.466 e. The van der Waals surface area contributed by atoms with Crippen LogP contribution in [0.2, 0.25) is 0 Å². The number of likely N-dealkylation sites (tertiary alicyclic amines) is 1. The minimum Gasteiger partial charge on any atom is -0.466 e. The van der Waals surface area contributed by atoms with E-state index >= 15 is 0 Å². The second-order valence-electron chi connectivity index (χ2n) is 7.74. The summed E-state index contributed by atoms with van der Waals surface area (Å²) in [7, 11) is 0. The summed E-state index contributed by atoms with van der Waals surface area (Å²) >= 11 is 1.47. The smallest absolute Gasteiger partial charge is 0.310 e. The van der Waals surface area contributed by atoms with E-state index in [4.69, 9.17) is 4.74 Å². The van der Waals surface area contributed by atoms with Gasteiger partial charge in [-0.25, -0.2) is 9.37 Å². The topological polar surface area (TPSA) is 62.7 Å². The first kappa shape index (κ1) is 20.1. The van der Waals surface area contributed by atoms with Crippen molar-refractivity contribution in [2.45, 2.75) is 32.6 Å². The van der Waals surface area contributed by atoms with Gasteiger partial charge in [-0.1, -0.05) is 17.4 Å². The van der Waals surface area contributed by atoms with Gasteiger partial charge in [0.25, 0.3) is 0 Å². The van der Waals surface area contributed by atoms with Crippen LogP contribution in [0.4, 0.5) is 9.52 Å². The maximum Gasteiger partial charge on any atom is 0.310 e. The number of anilines is 1. The molecule has 8 heteroatoms. The third kappa shape index (κ3) is 4.22. The van der Waals surface area contributed by atoms with Crippen molar-refractivity contribution in [3.63, 3.8) is 0 Å². The number of carbonyl (C=O) groups excluding carboxylic acids is 2. The molecule has 6 nitrogen and oxygen atoms in total. The fraction of sp³-hybridized carbons (Fsp3) is 0.571. The molecular formula is C21H26FN3O3S. The number of rotatable bonds is 4. The number of piperidine rings is 2. The van der Waals surface area contributed by atoms with E-state index in [9.17, 15) is 14.0 Å². The molecule has 2 aliphatic rings. The van der Waals surface area contributed by atoms with E-state index in [2.05, 4.69) is 9.88 Å². The predicted octanol–water partition coefficient (Wildman–Crippen LogP) is 3.45. The first-order valence-electron chi connectivity index (χ1n) is 10.3. The van der Waals surface area contributed by atoms with Crippen LogP contribution in [0.15, 0.2) is 18.2 Å². The molecule has 1 amide bonds. The highest BCUT2D eigenvalue weighted by Gasteiger charge is 2.35. The van der Waals surface area contributed by atoms with Gasteiger partial charge in [-0.15, -0.1) is 0 Å². The number of nitrogens with zero attached hydrogens (tertiary/aromatic N) is 3. The molecule has 2 saturated heterocycles. The Hall–Kier alpha value is -2.22. The zero-order valence-electron chi connectivity index (χ0n) is 16.6. The molecule has 0 N–H and O–H groups in total. The maximum atomic E-state index is 14.0. The van der Waals surface area contributed by atoms with Crippen molar-refractivity contribution in [3.05, 3.63) is 24.0 Å². The van der Waals surface area contributed by atoms with Crippen LogP contribution in [0, 0.1) is 17.7 Å². The SMILES string of the molecule is CCOC(=O)C1CCCN(C(=O)C2CCCN(c3nc4c(F)cccc4s3)C2)C1. The summed E-state index contributed by atoms with van der Waals surface area (Å²) in [6.07, 6.45) is 3.32. The lowest BCUT2D eigenvalue weighted by Gasteiger charge is -2.37. The quantitative estimate of drug-likeness (QED) is 0.711. The summed E-state index contributed by atoms with van der Waals surface area (Å²) in [5, 5.41) is 0.769. The molecule has 156 valence electrons. The Balaban J connectivity index is 1.44. The Labute approximate surface area is 173 Å². The lowest BCUT2D eigenvalue weighted by atomic mass is 9.93. The summed E-state index contributed by atoms with van der Waals surface area (Å²) < 4.78 is 20.0. The van der Waals surface area contributed by atoms with Crippen LogP contribution in [0.3, 0.4) is 0 Å². The van der Waals surface area contributed by atoms with E-state index in [-0.39, 0.29) is 29.5 Å². The van der Waals surface area contributed by atoms with Crippen LogP contribution >= 0.6 is 11.3 Å². The number of carbonyl (C=O) groups is 2. The van der Waals surface area contributed by atoms with Crippen LogP contribution in [-0.4, -0.2) is 54.5 Å². The molecule has 2 aliphatic heterocycles. The molecule has 2 fully saturated rings. The van der Waals surface area contributed by atoms with Crippen LogP contribution < -0.4 is 4.90 Å². The average molecular weight is 420 g/mol. The Morgan fingerprint density at radius 3 is 2.79 bits per heavy atom. The lowest BCUT2D eigenvalue weighted by molar-refractivity contribution is -0.152. The number of thiazole rings is 1. The first-order chi connectivity index (χ1) is 14.1. The molecule has 2 unspecified atom stereocenters. The number of para-hydroxylation sites is 1. The number of halogens is 1. The molecule has 0 radical (unpaired) electrons. The number of aromatic nitrogens is 1. The van der Waals surface area contributed by atoms with Crippen LogP contribution in [0.1, 0.15) is 32.6 Å². The number of amides is 1. The highest BCUT2D eigenvalue weighted by molar-refractivity contribution is 7.22. The molecule has 29 heavy (non-hydrogen) atoms. The summed E-state index contributed by atoms with van der Waals surface area (Å²) in [5.74, 6) is -0.753. The summed E-state index contributed by atoms with van der Waals surface area (Å²) in [5.41, 5.74) is 0.397. The molecule has 0 spiro atoms. The third-order valence-corrected chi connectivity index (χ3v) is 6.83. The normalized spacial score (nSPS) is 22.7. The molecule has 1 aromatic heterocycles. The Morgan fingerprint density at radius 2 is 2.00 bits per heavy atom. The zero-order valence-corrected chi connectivity index (χ0v) is 17.4.